The molecule has 0 aromatic heterocycles. The second-order valence-corrected chi connectivity index (χ2v) is 6.23. The van der Waals surface area contributed by atoms with Crippen LogP contribution in [0.5, 0.6) is 11.5 Å². The molecule has 0 spiro atoms. The van der Waals surface area contributed by atoms with Crippen molar-refractivity contribution >= 4 is 23.4 Å². The van der Waals surface area contributed by atoms with E-state index in [4.69, 9.17) is 21.1 Å². The van der Waals surface area contributed by atoms with E-state index in [1.165, 1.54) is 0 Å². The van der Waals surface area contributed by atoms with Crippen LogP contribution in [0.1, 0.15) is 36.5 Å². The van der Waals surface area contributed by atoms with Crippen molar-refractivity contribution in [1.82, 2.24) is 10.9 Å². The van der Waals surface area contributed by atoms with Gasteiger partial charge in [0.2, 0.25) is 0 Å². The highest BCUT2D eigenvalue weighted by atomic mass is 35.5. The van der Waals surface area contributed by atoms with Crippen molar-refractivity contribution in [3.8, 4) is 11.5 Å². The van der Waals surface area contributed by atoms with Crippen LogP contribution < -0.4 is 20.3 Å². The van der Waals surface area contributed by atoms with Crippen LogP contribution in [-0.4, -0.2) is 25.0 Å². The maximum Gasteiger partial charge on any atom is 0.276 e. The molecule has 2 amide bonds. The van der Waals surface area contributed by atoms with Gasteiger partial charge in [0, 0.05) is 5.02 Å². The van der Waals surface area contributed by atoms with Crippen LogP contribution in [0.25, 0.3) is 0 Å². The van der Waals surface area contributed by atoms with E-state index in [0.717, 1.165) is 19.3 Å². The average molecular weight is 391 g/mol. The number of rotatable bonds is 9. The number of ether oxygens (including phenoxy) is 2. The summed E-state index contributed by atoms with van der Waals surface area (Å²) in [5.41, 5.74) is 5.04. The van der Waals surface area contributed by atoms with E-state index in [0.29, 0.717) is 28.7 Å². The predicted molar refractivity (Wildman–Crippen MR) is 104 cm³/mol. The number of halogens is 1. The van der Waals surface area contributed by atoms with Crippen LogP contribution in [0.4, 0.5) is 0 Å². The first-order chi connectivity index (χ1) is 13.1. The van der Waals surface area contributed by atoms with E-state index >= 15 is 0 Å². The molecule has 2 rings (SSSR count). The van der Waals surface area contributed by atoms with Crippen LogP contribution in [-0.2, 0) is 4.79 Å². The van der Waals surface area contributed by atoms with Gasteiger partial charge < -0.3 is 9.47 Å². The number of carbonyl (C=O) groups is 2. The number of hydrogen-bond acceptors (Lipinski definition) is 4. The highest BCUT2D eigenvalue weighted by Gasteiger charge is 2.13. The SMILES string of the molecule is CCCCCOc1ccccc1C(=O)NNC(=O)COc1ccc(Cl)cc1. The van der Waals surface area contributed by atoms with Gasteiger partial charge in [-0.25, -0.2) is 0 Å². The average Bonchev–Trinajstić information content (AvgIpc) is 2.69. The van der Waals surface area contributed by atoms with Crippen LogP contribution in [0.3, 0.4) is 0 Å². The number of hydrogen-bond donors (Lipinski definition) is 2. The molecular weight excluding hydrogens is 368 g/mol. The van der Waals surface area contributed by atoms with Crippen molar-refractivity contribution < 1.29 is 19.1 Å². The van der Waals surface area contributed by atoms with Crippen molar-refractivity contribution in [2.75, 3.05) is 13.2 Å². The molecule has 0 saturated carbocycles. The van der Waals surface area contributed by atoms with Gasteiger partial charge in [-0.2, -0.15) is 0 Å². The van der Waals surface area contributed by atoms with Gasteiger partial charge in [0.1, 0.15) is 11.5 Å². The molecule has 2 aromatic carbocycles. The third-order valence-corrected chi connectivity index (χ3v) is 3.89. The standard InChI is InChI=1S/C20H23ClN2O4/c1-2-3-6-13-26-18-8-5-4-7-17(18)20(25)23-22-19(24)14-27-16-11-9-15(21)10-12-16/h4-5,7-12H,2-3,6,13-14H2,1H3,(H,22,24)(H,23,25). The molecule has 0 saturated heterocycles. The topological polar surface area (TPSA) is 76.7 Å². The molecule has 0 radical (unpaired) electrons. The maximum atomic E-state index is 12.3. The highest BCUT2D eigenvalue weighted by Crippen LogP contribution is 2.18. The quantitative estimate of drug-likeness (QED) is 0.505. The van der Waals surface area contributed by atoms with Gasteiger partial charge >= 0.3 is 0 Å². The van der Waals surface area contributed by atoms with Crippen LogP contribution in [0, 0.1) is 0 Å². The molecule has 0 fully saturated rings. The fourth-order valence-electron chi connectivity index (χ4n) is 2.22. The van der Waals surface area contributed by atoms with Gasteiger partial charge in [-0.05, 0) is 42.8 Å². The second kappa shape index (κ2) is 11.1. The summed E-state index contributed by atoms with van der Waals surface area (Å²) in [5, 5.41) is 0.578. The van der Waals surface area contributed by atoms with E-state index in [-0.39, 0.29) is 6.61 Å². The Balaban J connectivity index is 1.80. The van der Waals surface area contributed by atoms with Crippen molar-refractivity contribution in [2.24, 2.45) is 0 Å². The third-order valence-electron chi connectivity index (χ3n) is 3.64. The molecule has 2 N–H and O–H groups in total. The Hall–Kier alpha value is -2.73. The lowest BCUT2D eigenvalue weighted by atomic mass is 10.2. The number of carbonyl (C=O) groups excluding carboxylic acids is 2. The molecule has 27 heavy (non-hydrogen) atoms. The minimum absolute atomic E-state index is 0.239. The molecule has 144 valence electrons. The minimum atomic E-state index is -0.486. The summed E-state index contributed by atoms with van der Waals surface area (Å²) < 4.78 is 11.0. The van der Waals surface area contributed by atoms with Crippen molar-refractivity contribution in [1.29, 1.82) is 0 Å². The largest absolute Gasteiger partial charge is 0.493 e. The lowest BCUT2D eigenvalue weighted by Gasteiger charge is -2.12. The number of benzene rings is 2. The molecule has 2 aromatic rings. The predicted octanol–water partition coefficient (Wildman–Crippen LogP) is 3.75. The number of nitrogens with one attached hydrogen (secondary N) is 2. The van der Waals surface area contributed by atoms with Gasteiger partial charge in [0.05, 0.1) is 12.2 Å². The maximum absolute atomic E-state index is 12.3. The van der Waals surface area contributed by atoms with Gasteiger partial charge in [-0.3, -0.25) is 20.4 Å². The molecule has 6 nitrogen and oxygen atoms in total. The lowest BCUT2D eigenvalue weighted by Crippen LogP contribution is -2.43. The van der Waals surface area contributed by atoms with E-state index in [9.17, 15) is 9.59 Å². The zero-order chi connectivity index (χ0) is 19.5. The normalized spacial score (nSPS) is 10.1. The molecule has 0 aliphatic heterocycles. The zero-order valence-electron chi connectivity index (χ0n) is 15.2. The summed E-state index contributed by atoms with van der Waals surface area (Å²) in [6.45, 7) is 2.41. The first kappa shape index (κ1) is 20.6. The first-order valence-corrected chi connectivity index (χ1v) is 9.17. The molecule has 7 heteroatoms. The Kier molecular flexibility index (Phi) is 8.45. The summed E-state index contributed by atoms with van der Waals surface area (Å²) in [7, 11) is 0. The summed E-state index contributed by atoms with van der Waals surface area (Å²) in [6, 6.07) is 13.5. The van der Waals surface area contributed by atoms with E-state index in [1.807, 2.05) is 0 Å². The van der Waals surface area contributed by atoms with Crippen molar-refractivity contribution in [2.45, 2.75) is 26.2 Å². The van der Waals surface area contributed by atoms with E-state index in [1.54, 1.807) is 48.5 Å². The van der Waals surface area contributed by atoms with Gasteiger partial charge in [0.15, 0.2) is 6.61 Å². The second-order valence-electron chi connectivity index (χ2n) is 5.80. The third kappa shape index (κ3) is 7.19. The molecule has 0 bridgehead atoms. The molecule has 0 aliphatic carbocycles. The summed E-state index contributed by atoms with van der Waals surface area (Å²) in [4.78, 5) is 24.1. The Bertz CT molecular complexity index is 750. The summed E-state index contributed by atoms with van der Waals surface area (Å²) in [6.07, 6.45) is 3.08. The zero-order valence-corrected chi connectivity index (χ0v) is 15.9. The highest BCUT2D eigenvalue weighted by molar-refractivity contribution is 6.30. The van der Waals surface area contributed by atoms with Gasteiger partial charge in [-0.1, -0.05) is 43.5 Å². The van der Waals surface area contributed by atoms with Gasteiger partial charge in [0.25, 0.3) is 11.8 Å². The number of amides is 2. The monoisotopic (exact) mass is 390 g/mol. The molecule has 0 unspecified atom stereocenters. The lowest BCUT2D eigenvalue weighted by molar-refractivity contribution is -0.123. The fourth-order valence-corrected chi connectivity index (χ4v) is 2.35. The van der Waals surface area contributed by atoms with Crippen molar-refractivity contribution in [3.63, 3.8) is 0 Å². The smallest absolute Gasteiger partial charge is 0.276 e. The number of para-hydroxylation sites is 1. The Morgan fingerprint density at radius 2 is 1.70 bits per heavy atom. The molecular formula is C20H23ClN2O4. The summed E-state index contributed by atoms with van der Waals surface area (Å²) in [5.74, 6) is 0.0463. The van der Waals surface area contributed by atoms with Gasteiger partial charge in [-0.15, -0.1) is 0 Å². The van der Waals surface area contributed by atoms with E-state index < -0.39 is 11.8 Å². The van der Waals surface area contributed by atoms with Crippen LogP contribution >= 0.6 is 11.6 Å². The Morgan fingerprint density at radius 1 is 0.963 bits per heavy atom. The Labute approximate surface area is 163 Å². The molecule has 0 heterocycles. The first-order valence-electron chi connectivity index (χ1n) is 8.79. The summed E-state index contributed by atoms with van der Waals surface area (Å²) >= 11 is 5.78. The molecule has 0 aliphatic rings. The van der Waals surface area contributed by atoms with Crippen LogP contribution in [0.15, 0.2) is 48.5 Å². The minimum Gasteiger partial charge on any atom is -0.493 e. The van der Waals surface area contributed by atoms with E-state index in [2.05, 4.69) is 17.8 Å². The fraction of sp³-hybridized carbons (Fsp3) is 0.300. The van der Waals surface area contributed by atoms with Crippen molar-refractivity contribution in [3.05, 3.63) is 59.1 Å². The molecule has 0 atom stereocenters. The van der Waals surface area contributed by atoms with Crippen LogP contribution in [0.2, 0.25) is 5.02 Å². The number of unbranched alkanes of at least 4 members (excludes halogenated alkanes) is 2. The Morgan fingerprint density at radius 3 is 2.44 bits per heavy atom. The number of hydrazine groups is 1.